The minimum atomic E-state index is 0.204. The molecule has 3 heteroatoms. The molecule has 0 unspecified atom stereocenters. The molecule has 2 rings (SSSR count). The van der Waals surface area contributed by atoms with Gasteiger partial charge in [0.25, 0.3) is 0 Å². The van der Waals surface area contributed by atoms with Crippen LogP contribution in [0.4, 0.5) is 5.69 Å². The Bertz CT molecular complexity index is 549. The fourth-order valence-corrected chi connectivity index (χ4v) is 2.02. The van der Waals surface area contributed by atoms with Crippen molar-refractivity contribution in [1.29, 1.82) is 0 Å². The summed E-state index contributed by atoms with van der Waals surface area (Å²) in [6, 6.07) is 16.2. The highest BCUT2D eigenvalue weighted by molar-refractivity contribution is 5.48. The van der Waals surface area contributed by atoms with Crippen LogP contribution in [0.2, 0.25) is 0 Å². The van der Waals surface area contributed by atoms with Gasteiger partial charge in [0.1, 0.15) is 11.5 Å². The molecule has 0 aliphatic carbocycles. The first-order chi connectivity index (χ1) is 10.2. The first kappa shape index (κ1) is 15.2. The number of anilines is 1. The quantitative estimate of drug-likeness (QED) is 0.813. The van der Waals surface area contributed by atoms with Gasteiger partial charge in [0.2, 0.25) is 0 Å². The van der Waals surface area contributed by atoms with Gasteiger partial charge in [0.15, 0.2) is 0 Å². The van der Waals surface area contributed by atoms with E-state index < -0.39 is 0 Å². The van der Waals surface area contributed by atoms with E-state index in [1.54, 1.807) is 0 Å². The molecule has 0 spiro atoms. The topological polar surface area (TPSA) is 30.5 Å². The Morgan fingerprint density at radius 1 is 1.00 bits per heavy atom. The summed E-state index contributed by atoms with van der Waals surface area (Å²) in [5, 5.41) is 3.40. The average Bonchev–Trinajstić information content (AvgIpc) is 2.47. The maximum Gasteiger partial charge on any atom is 0.121 e. The zero-order valence-corrected chi connectivity index (χ0v) is 12.9. The molecule has 0 saturated heterocycles. The third-order valence-corrected chi connectivity index (χ3v) is 2.94. The molecule has 112 valence electrons. The highest BCUT2D eigenvalue weighted by atomic mass is 16.5. The molecule has 0 aromatic heterocycles. The Hall–Kier alpha value is -2.16. The van der Waals surface area contributed by atoms with Gasteiger partial charge in [-0.2, -0.15) is 0 Å². The largest absolute Gasteiger partial charge is 0.494 e. The predicted octanol–water partition coefficient (Wildman–Crippen LogP) is 4.48. The molecular formula is C18H23NO2. The summed E-state index contributed by atoms with van der Waals surface area (Å²) < 4.78 is 11.1. The van der Waals surface area contributed by atoms with Gasteiger partial charge in [0, 0.05) is 18.3 Å². The third kappa shape index (κ3) is 5.03. The summed E-state index contributed by atoms with van der Waals surface area (Å²) in [6.45, 7) is 7.50. The van der Waals surface area contributed by atoms with E-state index in [4.69, 9.17) is 9.47 Å². The Labute approximate surface area is 126 Å². The number of hydrogen-bond donors (Lipinski definition) is 1. The lowest BCUT2D eigenvalue weighted by Crippen LogP contribution is -2.05. The Kier molecular flexibility index (Phi) is 5.50. The van der Waals surface area contributed by atoms with Crippen LogP contribution >= 0.6 is 0 Å². The third-order valence-electron chi connectivity index (χ3n) is 2.94. The van der Waals surface area contributed by atoms with Crippen molar-refractivity contribution in [3.05, 3.63) is 54.1 Å². The lowest BCUT2D eigenvalue weighted by atomic mass is 10.2. The average molecular weight is 285 g/mol. The molecule has 0 saturated carbocycles. The first-order valence-corrected chi connectivity index (χ1v) is 7.39. The van der Waals surface area contributed by atoms with Crippen LogP contribution in [-0.2, 0) is 6.54 Å². The molecule has 2 aromatic carbocycles. The van der Waals surface area contributed by atoms with Crippen LogP contribution in [0.25, 0.3) is 0 Å². The highest BCUT2D eigenvalue weighted by Gasteiger charge is 1.99. The van der Waals surface area contributed by atoms with Crippen molar-refractivity contribution in [2.75, 3.05) is 11.9 Å². The van der Waals surface area contributed by atoms with Gasteiger partial charge in [-0.05, 0) is 50.6 Å². The normalized spacial score (nSPS) is 10.5. The lowest BCUT2D eigenvalue weighted by molar-refractivity contribution is 0.242. The van der Waals surface area contributed by atoms with Crippen molar-refractivity contribution < 1.29 is 9.47 Å². The maximum atomic E-state index is 5.64. The maximum absolute atomic E-state index is 5.64. The molecule has 3 nitrogen and oxygen atoms in total. The Balaban J connectivity index is 1.91. The van der Waals surface area contributed by atoms with Gasteiger partial charge in [-0.25, -0.2) is 0 Å². The summed E-state index contributed by atoms with van der Waals surface area (Å²) in [6.07, 6.45) is 0.204. The Morgan fingerprint density at radius 3 is 2.43 bits per heavy atom. The van der Waals surface area contributed by atoms with Gasteiger partial charge in [-0.3, -0.25) is 0 Å². The molecule has 0 aliphatic rings. The second-order valence-electron chi connectivity index (χ2n) is 5.12. The first-order valence-electron chi connectivity index (χ1n) is 7.39. The molecule has 0 atom stereocenters. The van der Waals surface area contributed by atoms with Gasteiger partial charge in [-0.15, -0.1) is 0 Å². The summed E-state index contributed by atoms with van der Waals surface area (Å²) >= 11 is 0. The van der Waals surface area contributed by atoms with Crippen LogP contribution in [-0.4, -0.2) is 12.7 Å². The van der Waals surface area contributed by atoms with Gasteiger partial charge >= 0.3 is 0 Å². The van der Waals surface area contributed by atoms with Crippen molar-refractivity contribution in [2.45, 2.75) is 33.4 Å². The fraction of sp³-hybridized carbons (Fsp3) is 0.333. The molecule has 1 N–H and O–H groups in total. The SMILES string of the molecule is CCOc1cccc(NCc2ccc(OC(C)C)cc2)c1. The standard InChI is InChI=1S/C18H23NO2/c1-4-20-18-7-5-6-16(12-18)19-13-15-8-10-17(11-9-15)21-14(2)3/h5-12,14,19H,4,13H2,1-3H3. The number of ether oxygens (including phenoxy) is 2. The second-order valence-corrected chi connectivity index (χ2v) is 5.12. The van der Waals surface area contributed by atoms with Crippen LogP contribution in [0.3, 0.4) is 0 Å². The number of hydrogen-bond acceptors (Lipinski definition) is 3. The summed E-state index contributed by atoms with van der Waals surface area (Å²) in [4.78, 5) is 0. The van der Waals surface area contributed by atoms with Crippen LogP contribution < -0.4 is 14.8 Å². The minimum absolute atomic E-state index is 0.204. The smallest absolute Gasteiger partial charge is 0.121 e. The molecule has 0 radical (unpaired) electrons. The molecule has 0 amide bonds. The van der Waals surface area contributed by atoms with Gasteiger partial charge in [0.05, 0.1) is 12.7 Å². The van der Waals surface area contributed by atoms with E-state index >= 15 is 0 Å². The number of benzene rings is 2. The van der Waals surface area contributed by atoms with E-state index in [0.29, 0.717) is 6.61 Å². The van der Waals surface area contributed by atoms with E-state index in [0.717, 1.165) is 23.7 Å². The molecule has 0 heterocycles. The second kappa shape index (κ2) is 7.58. The van der Waals surface area contributed by atoms with E-state index in [-0.39, 0.29) is 6.10 Å². The van der Waals surface area contributed by atoms with E-state index in [9.17, 15) is 0 Å². The van der Waals surface area contributed by atoms with Crippen molar-refractivity contribution in [1.82, 2.24) is 0 Å². The van der Waals surface area contributed by atoms with Crippen LogP contribution in [0.1, 0.15) is 26.3 Å². The van der Waals surface area contributed by atoms with Crippen molar-refractivity contribution in [3.8, 4) is 11.5 Å². The number of rotatable bonds is 7. The molecular weight excluding hydrogens is 262 g/mol. The summed E-state index contributed by atoms with van der Waals surface area (Å²) in [5.74, 6) is 1.80. The molecule has 0 fully saturated rings. The molecule has 0 bridgehead atoms. The highest BCUT2D eigenvalue weighted by Crippen LogP contribution is 2.19. The number of nitrogens with one attached hydrogen (secondary N) is 1. The predicted molar refractivity (Wildman–Crippen MR) is 87.1 cm³/mol. The molecule has 2 aromatic rings. The zero-order chi connectivity index (χ0) is 15.1. The molecule has 0 aliphatic heterocycles. The summed E-state index contributed by atoms with van der Waals surface area (Å²) in [7, 11) is 0. The monoisotopic (exact) mass is 285 g/mol. The van der Waals surface area contributed by atoms with Crippen LogP contribution in [0, 0.1) is 0 Å². The van der Waals surface area contributed by atoms with E-state index in [1.165, 1.54) is 5.56 Å². The van der Waals surface area contributed by atoms with Crippen LogP contribution in [0.15, 0.2) is 48.5 Å². The van der Waals surface area contributed by atoms with Gasteiger partial charge < -0.3 is 14.8 Å². The van der Waals surface area contributed by atoms with Gasteiger partial charge in [-0.1, -0.05) is 18.2 Å². The Morgan fingerprint density at radius 2 is 1.76 bits per heavy atom. The lowest BCUT2D eigenvalue weighted by Gasteiger charge is -2.11. The minimum Gasteiger partial charge on any atom is -0.494 e. The van der Waals surface area contributed by atoms with Crippen molar-refractivity contribution in [3.63, 3.8) is 0 Å². The molecule has 21 heavy (non-hydrogen) atoms. The fourth-order valence-electron chi connectivity index (χ4n) is 2.02. The van der Waals surface area contributed by atoms with Crippen molar-refractivity contribution >= 4 is 5.69 Å². The van der Waals surface area contributed by atoms with E-state index in [1.807, 2.05) is 57.2 Å². The van der Waals surface area contributed by atoms with Crippen LogP contribution in [0.5, 0.6) is 11.5 Å². The zero-order valence-electron chi connectivity index (χ0n) is 12.9. The summed E-state index contributed by atoms with van der Waals surface area (Å²) in [5.41, 5.74) is 2.27. The van der Waals surface area contributed by atoms with E-state index in [2.05, 4.69) is 17.4 Å². The van der Waals surface area contributed by atoms with Crippen molar-refractivity contribution in [2.24, 2.45) is 0 Å².